The highest BCUT2D eigenvalue weighted by molar-refractivity contribution is 7.71. The van der Waals surface area contributed by atoms with Crippen LogP contribution in [0.1, 0.15) is 28.6 Å². The number of hydrogen-bond donors (Lipinski definition) is 2. The van der Waals surface area contributed by atoms with Gasteiger partial charge in [-0.2, -0.15) is 5.10 Å². The summed E-state index contributed by atoms with van der Waals surface area (Å²) >= 11 is 6.78. The smallest absolute Gasteiger partial charge is 0.224 e. The van der Waals surface area contributed by atoms with E-state index in [4.69, 9.17) is 12.2 Å². The number of H-pyrrole nitrogens is 1. The number of carbonyl (C=O) groups is 1. The van der Waals surface area contributed by atoms with Gasteiger partial charge in [-0.3, -0.25) is 9.89 Å². The van der Waals surface area contributed by atoms with Crippen molar-refractivity contribution in [3.63, 3.8) is 0 Å². The van der Waals surface area contributed by atoms with Crippen LogP contribution in [0.5, 0.6) is 0 Å². The van der Waals surface area contributed by atoms with Crippen molar-refractivity contribution < 1.29 is 4.79 Å². The van der Waals surface area contributed by atoms with Crippen molar-refractivity contribution in [2.24, 2.45) is 13.0 Å². The highest BCUT2D eigenvalue weighted by atomic mass is 32.1. The van der Waals surface area contributed by atoms with Crippen LogP contribution in [-0.2, 0) is 18.4 Å². The van der Waals surface area contributed by atoms with E-state index >= 15 is 0 Å². The summed E-state index contributed by atoms with van der Waals surface area (Å²) in [5.74, 6) is 1.36. The fraction of sp³-hybridized carbons (Fsp3) is 0.462. The van der Waals surface area contributed by atoms with Crippen molar-refractivity contribution in [2.75, 3.05) is 0 Å². The third-order valence-corrected chi connectivity index (χ3v) is 5.27. The first-order chi connectivity index (χ1) is 9.58. The Balaban J connectivity index is 1.58. The molecule has 0 radical (unpaired) electrons. The van der Waals surface area contributed by atoms with Crippen LogP contribution in [0, 0.1) is 17.6 Å². The number of aromatic amines is 1. The number of carbonyl (C=O) groups excluding carboxylic acids is 1. The lowest BCUT2D eigenvalue weighted by Gasteiger charge is -2.04. The average Bonchev–Trinajstić information content (AvgIpc) is 3.02. The molecule has 1 fully saturated rings. The molecule has 7 heteroatoms. The van der Waals surface area contributed by atoms with Gasteiger partial charge in [-0.1, -0.05) is 0 Å². The summed E-state index contributed by atoms with van der Waals surface area (Å²) in [4.78, 5) is 13.5. The molecule has 0 unspecified atom stereocenters. The van der Waals surface area contributed by atoms with E-state index in [1.807, 2.05) is 7.05 Å². The fourth-order valence-corrected chi connectivity index (χ4v) is 3.63. The Labute approximate surface area is 126 Å². The molecule has 1 amide bonds. The Morgan fingerprint density at radius 3 is 3.10 bits per heavy atom. The molecule has 2 aromatic heterocycles. The van der Waals surface area contributed by atoms with Crippen LogP contribution >= 0.6 is 23.6 Å². The van der Waals surface area contributed by atoms with Gasteiger partial charge in [0.15, 0.2) is 10.6 Å². The number of rotatable bonds is 4. The zero-order valence-electron chi connectivity index (χ0n) is 11.3. The molecule has 0 aliphatic heterocycles. The Morgan fingerprint density at radius 1 is 1.70 bits per heavy atom. The third kappa shape index (κ3) is 2.43. The topological polar surface area (TPSA) is 62.7 Å². The van der Waals surface area contributed by atoms with Crippen LogP contribution in [0.4, 0.5) is 0 Å². The normalized spacial score (nSPS) is 20.9. The molecule has 0 aromatic carbocycles. The molecule has 2 N–H and O–H groups in total. The minimum absolute atomic E-state index is 0.108. The number of aromatic nitrogens is 3. The van der Waals surface area contributed by atoms with Gasteiger partial charge >= 0.3 is 0 Å². The van der Waals surface area contributed by atoms with Gasteiger partial charge in [-0.05, 0) is 42.6 Å². The highest BCUT2D eigenvalue weighted by Crippen LogP contribution is 2.50. The first-order valence-electron chi connectivity index (χ1n) is 6.50. The van der Waals surface area contributed by atoms with E-state index in [2.05, 4.69) is 33.9 Å². The van der Waals surface area contributed by atoms with Crippen molar-refractivity contribution in [2.45, 2.75) is 25.8 Å². The van der Waals surface area contributed by atoms with Gasteiger partial charge < -0.3 is 9.88 Å². The summed E-state index contributed by atoms with van der Waals surface area (Å²) in [6, 6.07) is 2.11. The van der Waals surface area contributed by atoms with Gasteiger partial charge in [0.1, 0.15) is 0 Å². The van der Waals surface area contributed by atoms with Crippen LogP contribution in [-0.4, -0.2) is 20.7 Å². The molecule has 2 aromatic rings. The Kier molecular flexibility index (Phi) is 3.47. The van der Waals surface area contributed by atoms with Crippen molar-refractivity contribution in [1.82, 2.24) is 20.1 Å². The Hall–Kier alpha value is -1.47. The molecule has 2 atom stereocenters. The predicted molar refractivity (Wildman–Crippen MR) is 80.1 cm³/mol. The monoisotopic (exact) mass is 308 g/mol. The number of amides is 1. The van der Waals surface area contributed by atoms with E-state index in [1.54, 1.807) is 15.9 Å². The molecule has 3 rings (SSSR count). The second-order valence-corrected chi connectivity index (χ2v) is 6.47. The van der Waals surface area contributed by atoms with Gasteiger partial charge in [-0.25, -0.2) is 0 Å². The van der Waals surface area contributed by atoms with E-state index in [9.17, 15) is 4.79 Å². The number of nitrogens with one attached hydrogen (secondary N) is 2. The summed E-state index contributed by atoms with van der Waals surface area (Å²) in [7, 11) is 1.84. The Morgan fingerprint density at radius 2 is 2.50 bits per heavy atom. The molecular weight excluding hydrogens is 292 g/mol. The zero-order valence-corrected chi connectivity index (χ0v) is 13.0. The number of hydrogen-bond acceptors (Lipinski definition) is 4. The Bertz CT molecular complexity index is 699. The molecule has 106 valence electrons. The first kappa shape index (κ1) is 13.5. The van der Waals surface area contributed by atoms with Crippen molar-refractivity contribution in [3.8, 4) is 0 Å². The van der Waals surface area contributed by atoms with Gasteiger partial charge in [0.2, 0.25) is 5.91 Å². The lowest BCUT2D eigenvalue weighted by Crippen LogP contribution is -2.26. The van der Waals surface area contributed by atoms with Crippen LogP contribution in [0.3, 0.4) is 0 Å². The molecule has 2 heterocycles. The third-order valence-electron chi connectivity index (χ3n) is 3.76. The van der Waals surface area contributed by atoms with E-state index in [-0.39, 0.29) is 11.8 Å². The van der Waals surface area contributed by atoms with Crippen molar-refractivity contribution in [3.05, 3.63) is 32.5 Å². The summed E-state index contributed by atoms with van der Waals surface area (Å²) in [5, 5.41) is 11.8. The molecule has 0 bridgehead atoms. The molecule has 0 spiro atoms. The second-order valence-electron chi connectivity index (χ2n) is 5.14. The van der Waals surface area contributed by atoms with Crippen LogP contribution in [0.15, 0.2) is 11.4 Å². The fourth-order valence-electron chi connectivity index (χ4n) is 2.37. The van der Waals surface area contributed by atoms with Crippen LogP contribution in [0.25, 0.3) is 0 Å². The molecule has 5 nitrogen and oxygen atoms in total. The van der Waals surface area contributed by atoms with E-state index < -0.39 is 0 Å². The summed E-state index contributed by atoms with van der Waals surface area (Å²) in [5.41, 5.74) is 1.30. The molecular formula is C13H16N4OS2. The van der Waals surface area contributed by atoms with Crippen molar-refractivity contribution >= 4 is 29.5 Å². The van der Waals surface area contributed by atoms with Gasteiger partial charge in [0, 0.05) is 23.8 Å². The maximum atomic E-state index is 12.1. The van der Waals surface area contributed by atoms with E-state index in [0.717, 1.165) is 12.2 Å². The minimum atomic E-state index is 0.108. The second kappa shape index (κ2) is 5.14. The zero-order chi connectivity index (χ0) is 14.3. The van der Waals surface area contributed by atoms with Crippen LogP contribution in [0.2, 0.25) is 0 Å². The standard InChI is InChI=1S/C13H16N4OS2/c1-7-3-4-20-11(7)8-5-9(8)12(18)14-6-10-15-16-13(19)17(10)2/h3-4,8-9H,5-6H2,1-2H3,(H,14,18)(H,16,19)/t8-,9+/m0/s1. The maximum Gasteiger partial charge on any atom is 0.224 e. The minimum Gasteiger partial charge on any atom is -0.349 e. The molecule has 1 saturated carbocycles. The number of aryl methyl sites for hydroxylation is 1. The molecule has 1 aliphatic carbocycles. The lowest BCUT2D eigenvalue weighted by molar-refractivity contribution is -0.122. The predicted octanol–water partition coefficient (Wildman–Crippen LogP) is 2.27. The van der Waals surface area contributed by atoms with Gasteiger partial charge in [-0.15, -0.1) is 11.3 Å². The summed E-state index contributed by atoms with van der Waals surface area (Å²) in [6.45, 7) is 2.52. The average molecular weight is 308 g/mol. The van der Waals surface area contributed by atoms with Gasteiger partial charge in [0.05, 0.1) is 6.54 Å². The molecule has 1 aliphatic rings. The lowest BCUT2D eigenvalue weighted by atomic mass is 10.2. The quantitative estimate of drug-likeness (QED) is 0.852. The SMILES string of the molecule is Cc1ccsc1[C@H]1C[C@H]1C(=O)NCc1n[nH]c(=S)n1C. The number of thiophene rings is 1. The van der Waals surface area contributed by atoms with Crippen LogP contribution < -0.4 is 5.32 Å². The van der Waals surface area contributed by atoms with E-state index in [1.165, 1.54) is 10.4 Å². The largest absolute Gasteiger partial charge is 0.349 e. The maximum absolute atomic E-state index is 12.1. The van der Waals surface area contributed by atoms with Crippen molar-refractivity contribution in [1.29, 1.82) is 0 Å². The summed E-state index contributed by atoms with van der Waals surface area (Å²) < 4.78 is 2.33. The highest BCUT2D eigenvalue weighted by Gasteiger charge is 2.45. The van der Waals surface area contributed by atoms with Gasteiger partial charge in [0.25, 0.3) is 0 Å². The molecule has 20 heavy (non-hydrogen) atoms. The molecule has 0 saturated heterocycles. The first-order valence-corrected chi connectivity index (χ1v) is 7.78. The summed E-state index contributed by atoms with van der Waals surface area (Å²) in [6.07, 6.45) is 0.951. The number of nitrogens with zero attached hydrogens (tertiary/aromatic N) is 2. The van der Waals surface area contributed by atoms with E-state index in [0.29, 0.717) is 17.2 Å².